The molecule has 30 heavy (non-hydrogen) atoms. The zero-order chi connectivity index (χ0) is 20.3. The van der Waals surface area contributed by atoms with E-state index in [9.17, 15) is 0 Å². The molecule has 3 aromatic heterocycles. The third kappa shape index (κ3) is 4.14. The molecule has 1 saturated carbocycles. The molecular formula is C22H24N6OS. The van der Waals surface area contributed by atoms with Crippen LogP contribution in [0.4, 0.5) is 5.13 Å². The molecular weight excluding hydrogens is 396 g/mol. The predicted molar refractivity (Wildman–Crippen MR) is 119 cm³/mol. The van der Waals surface area contributed by atoms with E-state index in [0.29, 0.717) is 5.88 Å². The fourth-order valence-corrected chi connectivity index (χ4v) is 4.83. The number of thiazole rings is 1. The highest BCUT2D eigenvalue weighted by Crippen LogP contribution is 2.32. The van der Waals surface area contributed by atoms with Crippen LogP contribution >= 0.6 is 11.3 Å². The number of fused-ring (bicyclic) bond motifs is 1. The molecule has 0 saturated heterocycles. The number of ether oxygens (including phenoxy) is 1. The van der Waals surface area contributed by atoms with Crippen LogP contribution in [-0.4, -0.2) is 31.3 Å². The summed E-state index contributed by atoms with van der Waals surface area (Å²) >= 11 is 1.66. The number of benzene rings is 1. The molecule has 0 radical (unpaired) electrons. The fourth-order valence-electron chi connectivity index (χ4n) is 3.93. The van der Waals surface area contributed by atoms with Gasteiger partial charge in [0.15, 0.2) is 5.13 Å². The zero-order valence-electron chi connectivity index (χ0n) is 16.9. The van der Waals surface area contributed by atoms with Crippen LogP contribution in [-0.2, 0) is 7.05 Å². The molecule has 0 atom stereocenters. The monoisotopic (exact) mass is 420 g/mol. The topological polar surface area (TPSA) is 77.8 Å². The van der Waals surface area contributed by atoms with Crippen LogP contribution in [0.25, 0.3) is 21.6 Å². The standard InChI is InChI=1S/C22H24N6OS/c1-28-19(9-10-25-28)18-13-23-14-21(26-18)29-16-7-8-17-20(11-16)30-22(27-17)24-12-15-5-3-2-4-6-15/h7-11,13-15H,2-6,12H2,1H3,(H,24,27). The smallest absolute Gasteiger partial charge is 0.238 e. The summed E-state index contributed by atoms with van der Waals surface area (Å²) in [4.78, 5) is 13.5. The van der Waals surface area contributed by atoms with E-state index < -0.39 is 0 Å². The second-order valence-corrected chi connectivity index (χ2v) is 8.75. The number of nitrogens with zero attached hydrogens (tertiary/aromatic N) is 5. The van der Waals surface area contributed by atoms with Gasteiger partial charge in [0.05, 0.1) is 28.3 Å². The molecule has 1 aliphatic carbocycles. The van der Waals surface area contributed by atoms with Gasteiger partial charge in [0.2, 0.25) is 5.88 Å². The Balaban J connectivity index is 1.30. The van der Waals surface area contributed by atoms with E-state index in [0.717, 1.165) is 44.9 Å². The largest absolute Gasteiger partial charge is 0.437 e. The summed E-state index contributed by atoms with van der Waals surface area (Å²) in [7, 11) is 1.88. The van der Waals surface area contributed by atoms with Gasteiger partial charge < -0.3 is 10.1 Å². The lowest BCUT2D eigenvalue weighted by molar-refractivity contribution is 0.373. The van der Waals surface area contributed by atoms with Crippen molar-refractivity contribution < 1.29 is 4.74 Å². The van der Waals surface area contributed by atoms with Crippen LogP contribution < -0.4 is 10.1 Å². The third-order valence-electron chi connectivity index (χ3n) is 5.54. The SMILES string of the molecule is Cn1nccc1-c1cncc(Oc2ccc3nc(NCC4CCCCC4)sc3c2)n1. The minimum absolute atomic E-state index is 0.452. The molecule has 0 unspecified atom stereocenters. The van der Waals surface area contributed by atoms with Crippen LogP contribution in [0.3, 0.4) is 0 Å². The highest BCUT2D eigenvalue weighted by molar-refractivity contribution is 7.22. The molecule has 1 fully saturated rings. The number of aromatic nitrogens is 5. The number of aryl methyl sites for hydroxylation is 1. The van der Waals surface area contributed by atoms with Crippen molar-refractivity contribution in [3.63, 3.8) is 0 Å². The highest BCUT2D eigenvalue weighted by atomic mass is 32.1. The summed E-state index contributed by atoms with van der Waals surface area (Å²) in [6.07, 6.45) is 11.8. The van der Waals surface area contributed by atoms with Crippen LogP contribution in [0, 0.1) is 5.92 Å². The van der Waals surface area contributed by atoms with Crippen molar-refractivity contribution in [2.75, 3.05) is 11.9 Å². The first-order valence-corrected chi connectivity index (χ1v) is 11.2. The van der Waals surface area contributed by atoms with Crippen LogP contribution in [0.2, 0.25) is 0 Å². The number of hydrogen-bond acceptors (Lipinski definition) is 7. The van der Waals surface area contributed by atoms with Gasteiger partial charge in [0.25, 0.3) is 0 Å². The molecule has 5 rings (SSSR count). The van der Waals surface area contributed by atoms with E-state index >= 15 is 0 Å². The van der Waals surface area contributed by atoms with Crippen molar-refractivity contribution in [1.82, 2.24) is 24.7 Å². The van der Waals surface area contributed by atoms with Gasteiger partial charge >= 0.3 is 0 Å². The van der Waals surface area contributed by atoms with Gasteiger partial charge in [-0.15, -0.1) is 0 Å². The lowest BCUT2D eigenvalue weighted by Crippen LogP contribution is -2.16. The molecule has 0 spiro atoms. The molecule has 0 bridgehead atoms. The first kappa shape index (κ1) is 19.0. The van der Waals surface area contributed by atoms with Gasteiger partial charge in [0.1, 0.15) is 11.4 Å². The van der Waals surface area contributed by atoms with E-state index in [1.165, 1.54) is 32.1 Å². The van der Waals surface area contributed by atoms with Crippen molar-refractivity contribution >= 4 is 26.7 Å². The molecule has 154 valence electrons. The number of rotatable bonds is 6. The van der Waals surface area contributed by atoms with Gasteiger partial charge in [-0.1, -0.05) is 30.6 Å². The van der Waals surface area contributed by atoms with Gasteiger partial charge in [-0.05, 0) is 37.0 Å². The summed E-state index contributed by atoms with van der Waals surface area (Å²) in [6, 6.07) is 7.83. The molecule has 0 amide bonds. The third-order valence-corrected chi connectivity index (χ3v) is 6.52. The maximum absolute atomic E-state index is 5.98. The van der Waals surface area contributed by atoms with Gasteiger partial charge in [-0.25, -0.2) is 9.97 Å². The molecule has 8 heteroatoms. The highest BCUT2D eigenvalue weighted by Gasteiger charge is 2.14. The summed E-state index contributed by atoms with van der Waals surface area (Å²) in [5.41, 5.74) is 2.59. The summed E-state index contributed by atoms with van der Waals surface area (Å²) in [6.45, 7) is 1.01. The minimum atomic E-state index is 0.452. The predicted octanol–water partition coefficient (Wildman–Crippen LogP) is 5.27. The van der Waals surface area contributed by atoms with Crippen LogP contribution in [0.5, 0.6) is 11.6 Å². The quantitative estimate of drug-likeness (QED) is 0.458. The van der Waals surface area contributed by atoms with Crippen molar-refractivity contribution in [1.29, 1.82) is 0 Å². The lowest BCUT2D eigenvalue weighted by atomic mass is 9.89. The first-order valence-electron chi connectivity index (χ1n) is 10.4. The Morgan fingerprint density at radius 2 is 2.03 bits per heavy atom. The normalized spacial score (nSPS) is 14.8. The van der Waals surface area contributed by atoms with E-state index in [-0.39, 0.29) is 0 Å². The van der Waals surface area contributed by atoms with Crippen molar-refractivity contribution in [2.45, 2.75) is 32.1 Å². The number of anilines is 1. The van der Waals surface area contributed by atoms with E-state index in [1.54, 1.807) is 34.6 Å². The Labute approximate surface area is 179 Å². The molecule has 1 N–H and O–H groups in total. The van der Waals surface area contributed by atoms with E-state index in [1.807, 2.05) is 31.3 Å². The van der Waals surface area contributed by atoms with Gasteiger partial charge in [-0.3, -0.25) is 9.67 Å². The van der Waals surface area contributed by atoms with Gasteiger partial charge in [-0.2, -0.15) is 5.10 Å². The fraction of sp³-hybridized carbons (Fsp3) is 0.364. The second kappa shape index (κ2) is 8.39. The average molecular weight is 421 g/mol. The van der Waals surface area contributed by atoms with Crippen molar-refractivity contribution in [3.8, 4) is 23.0 Å². The summed E-state index contributed by atoms with van der Waals surface area (Å²) in [5.74, 6) is 1.95. The Morgan fingerprint density at radius 1 is 1.13 bits per heavy atom. The Hall–Kier alpha value is -3.00. The average Bonchev–Trinajstić information content (AvgIpc) is 3.38. The molecule has 3 heterocycles. The zero-order valence-corrected chi connectivity index (χ0v) is 17.7. The number of hydrogen-bond donors (Lipinski definition) is 1. The van der Waals surface area contributed by atoms with Crippen molar-refractivity contribution in [3.05, 3.63) is 42.9 Å². The molecule has 0 aliphatic heterocycles. The lowest BCUT2D eigenvalue weighted by Gasteiger charge is -2.21. The minimum Gasteiger partial charge on any atom is -0.437 e. The molecule has 1 aromatic carbocycles. The van der Waals surface area contributed by atoms with E-state index in [2.05, 4.69) is 20.4 Å². The molecule has 1 aliphatic rings. The Bertz CT molecular complexity index is 1150. The maximum Gasteiger partial charge on any atom is 0.238 e. The van der Waals surface area contributed by atoms with Crippen LogP contribution in [0.15, 0.2) is 42.9 Å². The number of nitrogens with one attached hydrogen (secondary N) is 1. The molecule has 7 nitrogen and oxygen atoms in total. The van der Waals surface area contributed by atoms with E-state index in [4.69, 9.17) is 9.72 Å². The second-order valence-electron chi connectivity index (χ2n) is 7.72. The van der Waals surface area contributed by atoms with Crippen molar-refractivity contribution in [2.24, 2.45) is 13.0 Å². The Morgan fingerprint density at radius 3 is 2.87 bits per heavy atom. The van der Waals surface area contributed by atoms with Gasteiger partial charge in [0, 0.05) is 25.9 Å². The Kier molecular flexibility index (Phi) is 5.31. The maximum atomic E-state index is 5.98. The first-order chi connectivity index (χ1) is 14.7. The summed E-state index contributed by atoms with van der Waals surface area (Å²) in [5, 5.41) is 8.70. The van der Waals surface area contributed by atoms with Crippen LogP contribution in [0.1, 0.15) is 32.1 Å². The molecule has 4 aromatic rings. The summed E-state index contributed by atoms with van der Waals surface area (Å²) < 4.78 is 8.84.